The quantitative estimate of drug-likeness (QED) is 0.665. The molecule has 0 aliphatic rings. The van der Waals surface area contributed by atoms with Gasteiger partial charge in [0.1, 0.15) is 18.2 Å². The van der Waals surface area contributed by atoms with E-state index in [0.29, 0.717) is 30.3 Å². The lowest BCUT2D eigenvalue weighted by Gasteiger charge is -2.10. The lowest BCUT2D eigenvalue weighted by Crippen LogP contribution is -2.07. The van der Waals surface area contributed by atoms with Gasteiger partial charge in [-0.1, -0.05) is 12.1 Å². The number of rotatable bonds is 5. The second-order valence-corrected chi connectivity index (χ2v) is 4.11. The monoisotopic (exact) mass is 269 g/mol. The van der Waals surface area contributed by atoms with E-state index in [1.165, 1.54) is 0 Å². The van der Waals surface area contributed by atoms with E-state index in [1.54, 1.807) is 31.5 Å². The van der Waals surface area contributed by atoms with Crippen LogP contribution < -0.4 is 10.5 Å². The molecule has 0 bridgehead atoms. The molecular weight excluding hydrogens is 254 g/mol. The van der Waals surface area contributed by atoms with Crippen molar-refractivity contribution in [2.75, 3.05) is 26.1 Å². The Morgan fingerprint density at radius 3 is 2.60 bits per heavy atom. The summed E-state index contributed by atoms with van der Waals surface area (Å²) < 4.78 is 10.4. The highest BCUT2D eigenvalue weighted by Gasteiger charge is 2.12. The predicted octanol–water partition coefficient (Wildman–Crippen LogP) is 2.23. The molecule has 0 radical (unpaired) electrons. The number of anilines is 1. The maximum Gasteiger partial charge on any atom is 0.232 e. The Bertz CT molecular complexity index is 618. The molecule has 0 saturated heterocycles. The summed E-state index contributed by atoms with van der Waals surface area (Å²) in [4.78, 5) is 4.10. The normalized spacial score (nSPS) is 10.0. The topological polar surface area (TPSA) is 81.2 Å². The highest BCUT2D eigenvalue weighted by molar-refractivity contribution is 5.73. The molecule has 1 aromatic heterocycles. The second kappa shape index (κ2) is 6.55. The average Bonchev–Trinajstić information content (AvgIpc) is 2.48. The molecular formula is C15H15N3O2. The summed E-state index contributed by atoms with van der Waals surface area (Å²) in [5.41, 5.74) is 8.43. The molecule has 0 aliphatic carbocycles. The molecule has 0 amide bonds. The molecule has 0 saturated carbocycles. The van der Waals surface area contributed by atoms with Crippen molar-refractivity contribution in [1.82, 2.24) is 4.98 Å². The minimum Gasteiger partial charge on any atom is -0.474 e. The fourth-order valence-electron chi connectivity index (χ4n) is 1.78. The second-order valence-electron chi connectivity index (χ2n) is 4.11. The molecule has 0 atom stereocenters. The summed E-state index contributed by atoms with van der Waals surface area (Å²) in [5, 5.41) is 9.35. The zero-order valence-corrected chi connectivity index (χ0v) is 11.2. The number of nitrogens with two attached hydrogens (primary N) is 1. The summed E-state index contributed by atoms with van der Waals surface area (Å²) in [6.07, 6.45) is 1.62. The Balaban J connectivity index is 2.36. The lowest BCUT2D eigenvalue weighted by atomic mass is 10.0. The molecule has 1 heterocycles. The Morgan fingerprint density at radius 1 is 1.20 bits per heavy atom. The third-order valence-electron chi connectivity index (χ3n) is 2.78. The number of nitriles is 1. The molecule has 0 unspecified atom stereocenters. The summed E-state index contributed by atoms with van der Waals surface area (Å²) >= 11 is 0. The van der Waals surface area contributed by atoms with E-state index in [0.717, 1.165) is 11.1 Å². The maximum atomic E-state index is 9.35. The molecule has 5 nitrogen and oxygen atoms in total. The number of hydrogen-bond acceptors (Lipinski definition) is 5. The molecule has 102 valence electrons. The van der Waals surface area contributed by atoms with Crippen LogP contribution in [0.25, 0.3) is 11.1 Å². The number of nitrogen functional groups attached to an aromatic ring is 1. The van der Waals surface area contributed by atoms with Gasteiger partial charge in [-0.2, -0.15) is 5.26 Å². The first-order chi connectivity index (χ1) is 9.76. The van der Waals surface area contributed by atoms with Crippen LogP contribution in [-0.2, 0) is 4.74 Å². The van der Waals surface area contributed by atoms with Crippen molar-refractivity contribution in [2.45, 2.75) is 0 Å². The van der Waals surface area contributed by atoms with E-state index in [2.05, 4.69) is 11.1 Å². The fraction of sp³-hybridized carbons (Fsp3) is 0.200. The Labute approximate surface area is 117 Å². The highest BCUT2D eigenvalue weighted by Crippen LogP contribution is 2.28. The van der Waals surface area contributed by atoms with Crippen LogP contribution in [0.1, 0.15) is 5.56 Å². The molecule has 0 fully saturated rings. The Morgan fingerprint density at radius 2 is 1.95 bits per heavy atom. The summed E-state index contributed by atoms with van der Waals surface area (Å²) in [6.45, 7) is 0.794. The largest absolute Gasteiger partial charge is 0.474 e. The summed E-state index contributed by atoms with van der Waals surface area (Å²) in [7, 11) is 1.59. The Hall–Kier alpha value is -2.58. The van der Waals surface area contributed by atoms with Gasteiger partial charge in [0.25, 0.3) is 0 Å². The maximum absolute atomic E-state index is 9.35. The van der Waals surface area contributed by atoms with Gasteiger partial charge >= 0.3 is 0 Å². The van der Waals surface area contributed by atoms with Crippen LogP contribution in [-0.4, -0.2) is 25.3 Å². The zero-order chi connectivity index (χ0) is 14.4. The molecule has 2 N–H and O–H groups in total. The van der Waals surface area contributed by atoms with Gasteiger partial charge in [0.2, 0.25) is 5.88 Å². The number of methoxy groups -OCH3 is 1. The highest BCUT2D eigenvalue weighted by atomic mass is 16.5. The fourth-order valence-corrected chi connectivity index (χ4v) is 1.78. The van der Waals surface area contributed by atoms with Crippen LogP contribution in [0.3, 0.4) is 0 Å². The smallest absolute Gasteiger partial charge is 0.232 e. The van der Waals surface area contributed by atoms with Gasteiger partial charge in [-0.15, -0.1) is 0 Å². The minimum absolute atomic E-state index is 0.318. The standard InChI is InChI=1S/C15H15N3O2/c1-19-8-9-20-15-14(10-16)13(6-7-18-15)11-2-4-12(17)5-3-11/h2-7H,8-9,17H2,1H3. The number of ether oxygens (including phenoxy) is 2. The molecule has 1 aromatic carbocycles. The van der Waals surface area contributed by atoms with E-state index in [1.807, 2.05) is 12.1 Å². The number of hydrogen-bond donors (Lipinski definition) is 1. The van der Waals surface area contributed by atoms with Crippen molar-refractivity contribution in [1.29, 1.82) is 5.26 Å². The van der Waals surface area contributed by atoms with Gasteiger partial charge in [-0.3, -0.25) is 0 Å². The first-order valence-electron chi connectivity index (χ1n) is 6.13. The third-order valence-corrected chi connectivity index (χ3v) is 2.78. The molecule has 5 heteroatoms. The van der Waals surface area contributed by atoms with Crippen LogP contribution in [0.2, 0.25) is 0 Å². The average molecular weight is 269 g/mol. The van der Waals surface area contributed by atoms with Crippen molar-refractivity contribution in [2.24, 2.45) is 0 Å². The van der Waals surface area contributed by atoms with Crippen LogP contribution >= 0.6 is 0 Å². The van der Waals surface area contributed by atoms with Gasteiger partial charge in [-0.25, -0.2) is 4.98 Å². The van der Waals surface area contributed by atoms with E-state index < -0.39 is 0 Å². The lowest BCUT2D eigenvalue weighted by molar-refractivity contribution is 0.143. The molecule has 20 heavy (non-hydrogen) atoms. The van der Waals surface area contributed by atoms with E-state index in [-0.39, 0.29) is 0 Å². The SMILES string of the molecule is COCCOc1nccc(-c2ccc(N)cc2)c1C#N. The molecule has 2 aromatic rings. The first kappa shape index (κ1) is 13.8. The Kier molecular flexibility index (Phi) is 4.53. The third kappa shape index (κ3) is 3.05. The van der Waals surface area contributed by atoms with E-state index in [4.69, 9.17) is 15.2 Å². The van der Waals surface area contributed by atoms with Crippen LogP contribution in [0.15, 0.2) is 36.5 Å². The van der Waals surface area contributed by atoms with Gasteiger partial charge in [0, 0.05) is 24.6 Å². The van der Waals surface area contributed by atoms with Crippen LogP contribution in [0, 0.1) is 11.3 Å². The molecule has 2 rings (SSSR count). The summed E-state index contributed by atoms with van der Waals surface area (Å²) in [6, 6.07) is 11.2. The van der Waals surface area contributed by atoms with Crippen LogP contribution in [0.5, 0.6) is 5.88 Å². The predicted molar refractivity (Wildman–Crippen MR) is 76.2 cm³/mol. The summed E-state index contributed by atoms with van der Waals surface area (Å²) in [5.74, 6) is 0.318. The van der Waals surface area contributed by atoms with Gasteiger partial charge in [0.15, 0.2) is 0 Å². The van der Waals surface area contributed by atoms with Crippen LogP contribution in [0.4, 0.5) is 5.69 Å². The molecule has 0 spiro atoms. The van der Waals surface area contributed by atoms with E-state index >= 15 is 0 Å². The zero-order valence-electron chi connectivity index (χ0n) is 11.2. The van der Waals surface area contributed by atoms with Crippen molar-refractivity contribution in [3.63, 3.8) is 0 Å². The van der Waals surface area contributed by atoms with Gasteiger partial charge < -0.3 is 15.2 Å². The number of pyridine rings is 1. The van der Waals surface area contributed by atoms with E-state index in [9.17, 15) is 5.26 Å². The number of nitrogens with zero attached hydrogens (tertiary/aromatic N) is 2. The molecule has 0 aliphatic heterocycles. The van der Waals surface area contributed by atoms with Crippen molar-refractivity contribution in [3.05, 3.63) is 42.1 Å². The minimum atomic E-state index is 0.318. The van der Waals surface area contributed by atoms with Crippen molar-refractivity contribution < 1.29 is 9.47 Å². The van der Waals surface area contributed by atoms with Gasteiger partial charge in [-0.05, 0) is 23.8 Å². The first-order valence-corrected chi connectivity index (χ1v) is 6.13. The van der Waals surface area contributed by atoms with Crippen molar-refractivity contribution in [3.8, 4) is 23.1 Å². The number of benzene rings is 1. The van der Waals surface area contributed by atoms with Crippen molar-refractivity contribution >= 4 is 5.69 Å². The van der Waals surface area contributed by atoms with Gasteiger partial charge in [0.05, 0.1) is 6.61 Å². The number of aromatic nitrogens is 1.